The summed E-state index contributed by atoms with van der Waals surface area (Å²) in [7, 11) is 3.10. The van der Waals surface area contributed by atoms with Crippen LogP contribution in [0.5, 0.6) is 11.5 Å². The highest BCUT2D eigenvalue weighted by molar-refractivity contribution is 5.94. The number of ether oxygens (including phenoxy) is 2. The minimum atomic E-state index is -0.608. The highest BCUT2D eigenvalue weighted by atomic mass is 19.1. The number of rotatable bonds is 6. The molecule has 0 aliphatic heterocycles. The molecule has 0 aliphatic carbocycles. The molecule has 0 fully saturated rings. The Morgan fingerprint density at radius 3 is 2.56 bits per heavy atom. The van der Waals surface area contributed by atoms with E-state index in [0.29, 0.717) is 22.7 Å². The molecule has 0 bridgehead atoms. The molecule has 3 N–H and O–H groups in total. The summed E-state index contributed by atoms with van der Waals surface area (Å²) in [4.78, 5) is 4.22. The van der Waals surface area contributed by atoms with E-state index in [0.717, 1.165) is 6.07 Å². The summed E-state index contributed by atoms with van der Waals surface area (Å²) in [6.07, 6.45) is 0. The van der Waals surface area contributed by atoms with Gasteiger partial charge in [0.15, 0.2) is 5.96 Å². The van der Waals surface area contributed by atoms with Crippen molar-refractivity contribution in [3.8, 4) is 11.5 Å². The van der Waals surface area contributed by atoms with Gasteiger partial charge in [-0.05, 0) is 23.8 Å². The largest absolute Gasteiger partial charge is 0.497 e. The monoisotopic (exact) mass is 349 g/mol. The van der Waals surface area contributed by atoms with Crippen molar-refractivity contribution in [2.24, 2.45) is 10.7 Å². The fraction of sp³-hybridized carbons (Fsp3) is 0.278. The number of hydrogen-bond acceptors (Lipinski definition) is 3. The second kappa shape index (κ2) is 8.32. The average molecular weight is 349 g/mol. The maximum atomic E-state index is 13.8. The number of aliphatic imine (C=N–C) groups is 1. The van der Waals surface area contributed by atoms with Gasteiger partial charge in [-0.25, -0.2) is 8.78 Å². The van der Waals surface area contributed by atoms with E-state index in [1.54, 1.807) is 39.3 Å². The van der Waals surface area contributed by atoms with Crippen LogP contribution in [-0.4, -0.2) is 26.7 Å². The second-order valence-corrected chi connectivity index (χ2v) is 5.48. The van der Waals surface area contributed by atoms with Crippen LogP contribution in [0.15, 0.2) is 41.4 Å². The highest BCUT2D eigenvalue weighted by Gasteiger charge is 2.12. The van der Waals surface area contributed by atoms with Gasteiger partial charge in [0, 0.05) is 24.6 Å². The fourth-order valence-electron chi connectivity index (χ4n) is 2.32. The first-order chi connectivity index (χ1) is 11.9. The third-order valence-corrected chi connectivity index (χ3v) is 3.70. The van der Waals surface area contributed by atoms with Gasteiger partial charge < -0.3 is 20.5 Å². The van der Waals surface area contributed by atoms with Crippen molar-refractivity contribution in [3.05, 3.63) is 53.6 Å². The number of hydrogen-bond donors (Lipinski definition) is 2. The van der Waals surface area contributed by atoms with Crippen molar-refractivity contribution in [2.75, 3.05) is 26.1 Å². The van der Waals surface area contributed by atoms with Crippen molar-refractivity contribution < 1.29 is 18.3 Å². The molecule has 0 aromatic heterocycles. The molecule has 0 saturated heterocycles. The molecule has 0 aliphatic rings. The van der Waals surface area contributed by atoms with E-state index < -0.39 is 11.6 Å². The van der Waals surface area contributed by atoms with Gasteiger partial charge in [0.2, 0.25) is 0 Å². The molecule has 1 atom stereocenters. The summed E-state index contributed by atoms with van der Waals surface area (Å²) in [6.45, 7) is 2.03. The molecule has 7 heteroatoms. The Hall–Kier alpha value is -2.83. The Bertz CT molecular complexity index is 766. The molecule has 0 heterocycles. The minimum absolute atomic E-state index is 0.154. The molecule has 2 aromatic carbocycles. The van der Waals surface area contributed by atoms with E-state index in [1.807, 2.05) is 0 Å². The van der Waals surface area contributed by atoms with E-state index in [2.05, 4.69) is 10.3 Å². The van der Waals surface area contributed by atoms with Crippen LogP contribution in [0, 0.1) is 11.6 Å². The number of nitrogens with two attached hydrogens (primary N) is 1. The van der Waals surface area contributed by atoms with Gasteiger partial charge >= 0.3 is 0 Å². The number of halogens is 2. The van der Waals surface area contributed by atoms with Crippen LogP contribution >= 0.6 is 0 Å². The van der Waals surface area contributed by atoms with Crippen LogP contribution in [0.2, 0.25) is 0 Å². The fourth-order valence-corrected chi connectivity index (χ4v) is 2.32. The molecule has 2 aromatic rings. The topological polar surface area (TPSA) is 68.9 Å². The van der Waals surface area contributed by atoms with Crippen LogP contribution < -0.4 is 20.5 Å². The zero-order valence-electron chi connectivity index (χ0n) is 14.3. The molecule has 5 nitrogen and oxygen atoms in total. The first kappa shape index (κ1) is 18.5. The highest BCUT2D eigenvalue weighted by Crippen LogP contribution is 2.28. The molecular weight excluding hydrogens is 328 g/mol. The first-order valence-electron chi connectivity index (χ1n) is 7.68. The smallest absolute Gasteiger partial charge is 0.193 e. The lowest BCUT2D eigenvalue weighted by Gasteiger charge is -2.14. The average Bonchev–Trinajstić information content (AvgIpc) is 2.59. The van der Waals surface area contributed by atoms with E-state index in [4.69, 9.17) is 15.2 Å². The Morgan fingerprint density at radius 1 is 1.16 bits per heavy atom. The molecule has 0 amide bonds. The van der Waals surface area contributed by atoms with Crippen LogP contribution in [0.4, 0.5) is 14.5 Å². The summed E-state index contributed by atoms with van der Waals surface area (Å²) in [5.41, 5.74) is 6.88. The molecule has 0 saturated carbocycles. The van der Waals surface area contributed by atoms with Crippen LogP contribution in [0.1, 0.15) is 18.4 Å². The van der Waals surface area contributed by atoms with Gasteiger partial charge in [-0.15, -0.1) is 0 Å². The first-order valence-corrected chi connectivity index (χ1v) is 7.68. The quantitative estimate of drug-likeness (QED) is 0.618. The summed E-state index contributed by atoms with van der Waals surface area (Å²) in [5.74, 6) is -0.0875. The van der Waals surface area contributed by atoms with Gasteiger partial charge in [-0.1, -0.05) is 13.0 Å². The standard InChI is InChI=1S/C18H21F2N3O2/c1-11(14-6-4-12(19)8-15(14)20)10-22-18(21)23-16-9-13(24-2)5-7-17(16)25-3/h4-9,11H,10H2,1-3H3,(H3,21,22,23). The Morgan fingerprint density at radius 2 is 1.92 bits per heavy atom. The predicted molar refractivity (Wildman–Crippen MR) is 94.4 cm³/mol. The minimum Gasteiger partial charge on any atom is -0.497 e. The number of nitrogens with one attached hydrogen (secondary N) is 1. The number of nitrogens with zero attached hydrogens (tertiary/aromatic N) is 1. The number of guanidine groups is 1. The summed E-state index contributed by atoms with van der Waals surface area (Å²) < 4.78 is 37.2. The zero-order valence-corrected chi connectivity index (χ0v) is 14.3. The maximum Gasteiger partial charge on any atom is 0.193 e. The van der Waals surface area contributed by atoms with E-state index in [1.165, 1.54) is 12.1 Å². The third kappa shape index (κ3) is 4.82. The van der Waals surface area contributed by atoms with Crippen LogP contribution in [-0.2, 0) is 0 Å². The lowest BCUT2D eigenvalue weighted by Crippen LogP contribution is -2.24. The molecule has 134 valence electrons. The molecule has 0 spiro atoms. The van der Waals surface area contributed by atoms with Crippen molar-refractivity contribution >= 4 is 11.6 Å². The predicted octanol–water partition coefficient (Wildman–Crippen LogP) is 3.51. The summed E-state index contributed by atoms with van der Waals surface area (Å²) in [6, 6.07) is 8.73. The van der Waals surface area contributed by atoms with E-state index >= 15 is 0 Å². The van der Waals surface area contributed by atoms with Gasteiger partial charge in [0.1, 0.15) is 23.1 Å². The number of methoxy groups -OCH3 is 2. The maximum absolute atomic E-state index is 13.8. The Kier molecular flexibility index (Phi) is 6.16. The normalized spacial score (nSPS) is 12.6. The number of anilines is 1. The van der Waals surface area contributed by atoms with Gasteiger partial charge in [-0.3, -0.25) is 4.99 Å². The van der Waals surface area contributed by atoms with Crippen molar-refractivity contribution in [1.82, 2.24) is 0 Å². The van der Waals surface area contributed by atoms with Crippen molar-refractivity contribution in [3.63, 3.8) is 0 Å². The number of benzene rings is 2. The van der Waals surface area contributed by atoms with Gasteiger partial charge in [-0.2, -0.15) is 0 Å². The summed E-state index contributed by atoms with van der Waals surface area (Å²) in [5, 5.41) is 2.94. The molecule has 1 unspecified atom stereocenters. The molecule has 0 radical (unpaired) electrons. The Balaban J connectivity index is 2.09. The zero-order chi connectivity index (χ0) is 18.4. The van der Waals surface area contributed by atoms with Crippen molar-refractivity contribution in [1.29, 1.82) is 0 Å². The second-order valence-electron chi connectivity index (χ2n) is 5.48. The molecule has 2 rings (SSSR count). The van der Waals surface area contributed by atoms with E-state index in [-0.39, 0.29) is 18.4 Å². The van der Waals surface area contributed by atoms with Crippen LogP contribution in [0.25, 0.3) is 0 Å². The summed E-state index contributed by atoms with van der Waals surface area (Å²) >= 11 is 0. The van der Waals surface area contributed by atoms with Crippen LogP contribution in [0.3, 0.4) is 0 Å². The SMILES string of the molecule is COc1ccc(OC)c(NC(N)=NCC(C)c2ccc(F)cc2F)c1. The molecule has 25 heavy (non-hydrogen) atoms. The Labute approximate surface area is 145 Å². The van der Waals surface area contributed by atoms with Gasteiger partial charge in [0.25, 0.3) is 0 Å². The lowest BCUT2D eigenvalue weighted by molar-refractivity contribution is 0.405. The lowest BCUT2D eigenvalue weighted by atomic mass is 10.0. The van der Waals surface area contributed by atoms with Gasteiger partial charge in [0.05, 0.1) is 19.9 Å². The molecular formula is C18H21F2N3O2. The third-order valence-electron chi connectivity index (χ3n) is 3.70. The van der Waals surface area contributed by atoms with Crippen molar-refractivity contribution in [2.45, 2.75) is 12.8 Å². The van der Waals surface area contributed by atoms with E-state index in [9.17, 15) is 8.78 Å².